The third kappa shape index (κ3) is 7.19. The Morgan fingerprint density at radius 3 is 1.74 bits per heavy atom. The molecule has 1 atom stereocenters. The smallest absolute Gasteiger partial charge is 0.127 e. The number of rotatable bonds is 11. The molecule has 0 aliphatic rings. The highest BCUT2D eigenvalue weighted by Gasteiger charge is 2.15. The van der Waals surface area contributed by atoms with Crippen LogP contribution in [0.4, 0.5) is 0 Å². The van der Waals surface area contributed by atoms with E-state index in [4.69, 9.17) is 4.74 Å². The predicted molar refractivity (Wildman–Crippen MR) is 162 cm³/mol. The summed E-state index contributed by atoms with van der Waals surface area (Å²) >= 11 is 0. The Labute approximate surface area is 228 Å². The van der Waals surface area contributed by atoms with Gasteiger partial charge in [0.15, 0.2) is 0 Å². The molecule has 0 radical (unpaired) electrons. The molecule has 0 amide bonds. The van der Waals surface area contributed by atoms with Crippen molar-refractivity contribution in [1.82, 2.24) is 4.90 Å². The molecule has 0 aliphatic carbocycles. The lowest BCUT2D eigenvalue weighted by molar-refractivity contribution is 0.248. The molecule has 0 saturated carbocycles. The van der Waals surface area contributed by atoms with Gasteiger partial charge in [0.2, 0.25) is 0 Å². The van der Waals surface area contributed by atoms with Crippen LogP contribution in [0.2, 0.25) is 0 Å². The standard InChI is InChI=1S/C35H34NOP/c1-28-14-13-21-32(26-36(24-29-15-5-2-6-16-29)25-30-17-7-3-8-18-30)35(28)38-34-23-12-11-22-33(34)37-27-31-19-9-4-10-20-31/h2-23,38H,24-27H2,1H3. The minimum Gasteiger partial charge on any atom is -0.488 e. The Morgan fingerprint density at radius 1 is 0.553 bits per heavy atom. The normalized spacial score (nSPS) is 11.3. The average molecular weight is 516 g/mol. The van der Waals surface area contributed by atoms with E-state index in [0.717, 1.165) is 25.4 Å². The van der Waals surface area contributed by atoms with E-state index in [0.29, 0.717) is 15.2 Å². The molecular formula is C35H34NOP. The highest BCUT2D eigenvalue weighted by atomic mass is 31.1. The van der Waals surface area contributed by atoms with Gasteiger partial charge in [0.1, 0.15) is 12.4 Å². The summed E-state index contributed by atoms with van der Waals surface area (Å²) < 4.78 is 6.31. The van der Waals surface area contributed by atoms with E-state index < -0.39 is 0 Å². The van der Waals surface area contributed by atoms with Crippen LogP contribution in [-0.2, 0) is 26.2 Å². The zero-order valence-corrected chi connectivity index (χ0v) is 22.9. The molecule has 0 N–H and O–H groups in total. The number of benzene rings is 5. The first-order valence-corrected chi connectivity index (χ1v) is 14.2. The van der Waals surface area contributed by atoms with Crippen LogP contribution >= 0.6 is 8.58 Å². The third-order valence-corrected chi connectivity index (χ3v) is 8.28. The van der Waals surface area contributed by atoms with Crippen LogP contribution in [-0.4, -0.2) is 4.90 Å². The van der Waals surface area contributed by atoms with E-state index in [-0.39, 0.29) is 0 Å². The van der Waals surface area contributed by atoms with Gasteiger partial charge in [0.25, 0.3) is 0 Å². The zero-order chi connectivity index (χ0) is 26.0. The highest BCUT2D eigenvalue weighted by Crippen LogP contribution is 2.25. The van der Waals surface area contributed by atoms with Crippen molar-refractivity contribution in [3.63, 3.8) is 0 Å². The maximum Gasteiger partial charge on any atom is 0.127 e. The van der Waals surface area contributed by atoms with E-state index in [2.05, 4.69) is 139 Å². The molecule has 0 fully saturated rings. The molecule has 190 valence electrons. The first-order valence-electron chi connectivity index (χ1n) is 13.2. The molecule has 0 spiro atoms. The van der Waals surface area contributed by atoms with Gasteiger partial charge in [-0.05, 0) is 46.1 Å². The summed E-state index contributed by atoms with van der Waals surface area (Å²) in [5.74, 6) is 0.967. The van der Waals surface area contributed by atoms with Crippen LogP contribution < -0.4 is 15.3 Å². The number of hydrogen-bond donors (Lipinski definition) is 0. The van der Waals surface area contributed by atoms with Gasteiger partial charge in [-0.1, -0.05) is 136 Å². The average Bonchev–Trinajstić information content (AvgIpc) is 2.96. The van der Waals surface area contributed by atoms with Gasteiger partial charge < -0.3 is 4.74 Å². The molecule has 0 heterocycles. The van der Waals surface area contributed by atoms with Crippen LogP contribution in [0.5, 0.6) is 5.75 Å². The lowest BCUT2D eigenvalue weighted by atomic mass is 10.1. The third-order valence-electron chi connectivity index (χ3n) is 6.63. The van der Waals surface area contributed by atoms with Gasteiger partial charge in [0.05, 0.1) is 0 Å². The lowest BCUT2D eigenvalue weighted by Crippen LogP contribution is -2.26. The van der Waals surface area contributed by atoms with E-state index in [1.165, 1.54) is 38.4 Å². The number of aryl methyl sites for hydroxylation is 1. The summed E-state index contributed by atoms with van der Waals surface area (Å²) in [6.07, 6.45) is 0. The topological polar surface area (TPSA) is 12.5 Å². The maximum absolute atomic E-state index is 6.31. The molecule has 5 aromatic carbocycles. The molecule has 2 nitrogen and oxygen atoms in total. The van der Waals surface area contributed by atoms with Gasteiger partial charge in [-0.2, -0.15) is 0 Å². The number of ether oxygens (including phenoxy) is 1. The second kappa shape index (κ2) is 13.2. The van der Waals surface area contributed by atoms with Crippen molar-refractivity contribution in [2.24, 2.45) is 0 Å². The van der Waals surface area contributed by atoms with Gasteiger partial charge in [-0.15, -0.1) is 0 Å². The minimum atomic E-state index is 0.524. The summed E-state index contributed by atoms with van der Waals surface area (Å²) in [6.45, 7) is 5.51. The zero-order valence-electron chi connectivity index (χ0n) is 21.9. The van der Waals surface area contributed by atoms with E-state index >= 15 is 0 Å². The molecule has 5 aromatic rings. The SMILES string of the molecule is Cc1cccc(CN(Cc2ccccc2)Cc2ccccc2)c1Pc1ccccc1OCc1ccccc1. The Kier molecular flexibility index (Phi) is 9.00. The van der Waals surface area contributed by atoms with Crippen molar-refractivity contribution in [2.75, 3.05) is 0 Å². The largest absolute Gasteiger partial charge is 0.488 e. The Morgan fingerprint density at radius 2 is 1.11 bits per heavy atom. The monoisotopic (exact) mass is 515 g/mol. The molecule has 3 heteroatoms. The van der Waals surface area contributed by atoms with E-state index in [9.17, 15) is 0 Å². The number of hydrogen-bond acceptors (Lipinski definition) is 2. The van der Waals surface area contributed by atoms with Crippen LogP contribution in [0.15, 0.2) is 133 Å². The van der Waals surface area contributed by atoms with Gasteiger partial charge in [-0.3, -0.25) is 4.90 Å². The van der Waals surface area contributed by atoms with Crippen molar-refractivity contribution in [1.29, 1.82) is 0 Å². The molecule has 0 aliphatic heterocycles. The predicted octanol–water partition coefficient (Wildman–Crippen LogP) is 7.41. The fourth-order valence-electron chi connectivity index (χ4n) is 4.70. The van der Waals surface area contributed by atoms with Gasteiger partial charge >= 0.3 is 0 Å². The fourth-order valence-corrected chi connectivity index (χ4v) is 6.03. The second-order valence-electron chi connectivity index (χ2n) is 9.62. The van der Waals surface area contributed by atoms with Crippen molar-refractivity contribution in [2.45, 2.75) is 33.2 Å². The van der Waals surface area contributed by atoms with Crippen molar-refractivity contribution in [3.8, 4) is 5.75 Å². The highest BCUT2D eigenvalue weighted by molar-refractivity contribution is 7.56. The lowest BCUT2D eigenvalue weighted by Gasteiger charge is -2.25. The quantitative estimate of drug-likeness (QED) is 0.170. The van der Waals surface area contributed by atoms with Crippen LogP contribution in [0.25, 0.3) is 0 Å². The molecule has 1 unspecified atom stereocenters. The first kappa shape index (κ1) is 25.9. The van der Waals surface area contributed by atoms with Crippen molar-refractivity contribution in [3.05, 3.63) is 161 Å². The molecule has 0 aromatic heterocycles. The maximum atomic E-state index is 6.31. The van der Waals surface area contributed by atoms with E-state index in [1.54, 1.807) is 0 Å². The Bertz CT molecular complexity index is 1380. The van der Waals surface area contributed by atoms with Crippen LogP contribution in [0.1, 0.15) is 27.8 Å². The first-order chi connectivity index (χ1) is 18.7. The van der Waals surface area contributed by atoms with Crippen molar-refractivity contribution >= 4 is 19.2 Å². The molecule has 0 saturated heterocycles. The van der Waals surface area contributed by atoms with Gasteiger partial charge in [-0.25, -0.2) is 0 Å². The Balaban J connectivity index is 1.39. The summed E-state index contributed by atoms with van der Waals surface area (Å²) in [6, 6.07) is 47.1. The molecular weight excluding hydrogens is 481 g/mol. The second-order valence-corrected chi connectivity index (χ2v) is 10.9. The molecule has 38 heavy (non-hydrogen) atoms. The summed E-state index contributed by atoms with van der Waals surface area (Å²) in [4.78, 5) is 2.55. The fraction of sp³-hybridized carbons (Fsp3) is 0.143. The molecule has 5 rings (SSSR count). The number of nitrogens with zero attached hydrogens (tertiary/aromatic N) is 1. The number of para-hydroxylation sites is 1. The van der Waals surface area contributed by atoms with E-state index in [1.807, 2.05) is 6.07 Å². The van der Waals surface area contributed by atoms with Gasteiger partial charge in [0, 0.05) is 24.9 Å². The Hall–Kier alpha value is -3.71. The summed E-state index contributed by atoms with van der Waals surface area (Å²) in [5.41, 5.74) is 6.56. The van der Waals surface area contributed by atoms with Crippen LogP contribution in [0, 0.1) is 6.92 Å². The van der Waals surface area contributed by atoms with Crippen LogP contribution in [0.3, 0.4) is 0 Å². The summed E-state index contributed by atoms with van der Waals surface area (Å²) in [5, 5.41) is 2.66. The summed E-state index contributed by atoms with van der Waals surface area (Å²) in [7, 11) is 0.524. The molecule has 0 bridgehead atoms. The van der Waals surface area contributed by atoms with Crippen molar-refractivity contribution < 1.29 is 4.74 Å². The minimum absolute atomic E-state index is 0.524.